The Morgan fingerprint density at radius 3 is 2.30 bits per heavy atom. The van der Waals surface area contributed by atoms with Gasteiger partial charge in [0.05, 0.1) is 23.0 Å². The van der Waals surface area contributed by atoms with E-state index in [1.165, 1.54) is 9.91 Å². The van der Waals surface area contributed by atoms with Gasteiger partial charge < -0.3 is 10.6 Å². The molecule has 0 spiro atoms. The van der Waals surface area contributed by atoms with Gasteiger partial charge in [0.1, 0.15) is 5.41 Å². The number of hydrazine groups is 1. The number of carbonyl (C=O) groups is 4. The van der Waals surface area contributed by atoms with Crippen LogP contribution >= 0.6 is 0 Å². The van der Waals surface area contributed by atoms with Gasteiger partial charge in [0.15, 0.2) is 0 Å². The van der Waals surface area contributed by atoms with E-state index in [0.29, 0.717) is 42.3 Å². The summed E-state index contributed by atoms with van der Waals surface area (Å²) in [6.45, 7) is 0.558. The average molecular weight is 609 g/mol. The summed E-state index contributed by atoms with van der Waals surface area (Å²) >= 11 is 0. The molecule has 3 aliphatic heterocycles. The molecule has 4 heterocycles. The third kappa shape index (κ3) is 4.15. The van der Waals surface area contributed by atoms with E-state index in [4.69, 9.17) is 5.73 Å². The lowest BCUT2D eigenvalue weighted by Gasteiger charge is -2.42. The predicted molar refractivity (Wildman–Crippen MR) is 152 cm³/mol. The van der Waals surface area contributed by atoms with Crippen molar-refractivity contribution < 1.29 is 32.3 Å². The number of hydrogen-bond donors (Lipinski definition) is 1. The molecule has 0 bridgehead atoms. The number of imide groups is 1. The van der Waals surface area contributed by atoms with Gasteiger partial charge in [-0.2, -0.15) is 23.3 Å². The molecule has 0 radical (unpaired) electrons. The molecule has 3 aromatic rings. The van der Waals surface area contributed by atoms with Crippen LogP contribution in [0.5, 0.6) is 0 Å². The highest BCUT2D eigenvalue weighted by Crippen LogP contribution is 2.59. The first kappa shape index (κ1) is 28.5. The summed E-state index contributed by atoms with van der Waals surface area (Å²) in [5.74, 6) is -2.06. The van der Waals surface area contributed by atoms with E-state index in [0.717, 1.165) is 21.5 Å². The molecular formula is C31H31F3N6O4. The van der Waals surface area contributed by atoms with Crippen molar-refractivity contribution in [3.05, 3.63) is 59.4 Å². The van der Waals surface area contributed by atoms with Crippen molar-refractivity contribution in [3.63, 3.8) is 0 Å². The fourth-order valence-corrected chi connectivity index (χ4v) is 6.97. The summed E-state index contributed by atoms with van der Waals surface area (Å²) in [6, 6.07) is 9.00. The van der Waals surface area contributed by atoms with Gasteiger partial charge in [-0.15, -0.1) is 0 Å². The molecule has 0 unspecified atom stereocenters. The maximum absolute atomic E-state index is 13.5. The van der Waals surface area contributed by atoms with E-state index in [1.807, 2.05) is 18.3 Å². The highest BCUT2D eigenvalue weighted by molar-refractivity contribution is 6.27. The number of carbonyl (C=O) groups excluding carboxylic acids is 4. The number of hydrogen-bond acceptors (Lipinski definition) is 6. The number of amides is 4. The van der Waals surface area contributed by atoms with Crippen LogP contribution in [0.15, 0.2) is 42.7 Å². The second kappa shape index (κ2) is 9.88. The van der Waals surface area contributed by atoms with Crippen LogP contribution in [0, 0.1) is 5.41 Å². The molecule has 2 N–H and O–H groups in total. The van der Waals surface area contributed by atoms with Crippen molar-refractivity contribution in [2.45, 2.75) is 63.1 Å². The first-order valence-corrected chi connectivity index (χ1v) is 14.8. The van der Waals surface area contributed by atoms with Crippen molar-refractivity contribution in [1.29, 1.82) is 0 Å². The van der Waals surface area contributed by atoms with Gasteiger partial charge in [-0.3, -0.25) is 23.9 Å². The number of likely N-dealkylation sites (tertiary alicyclic amines) is 1. The molecule has 7 rings (SSSR count). The summed E-state index contributed by atoms with van der Waals surface area (Å²) in [5.41, 5.74) is 6.05. The monoisotopic (exact) mass is 608 g/mol. The smallest absolute Gasteiger partial charge is 0.342 e. The van der Waals surface area contributed by atoms with Crippen molar-refractivity contribution >= 4 is 40.1 Å². The number of aromatic nitrogens is 2. The fraction of sp³-hybridized carbons (Fsp3) is 0.452. The molecule has 4 amide bonds. The van der Waals surface area contributed by atoms with Crippen molar-refractivity contribution in [2.75, 3.05) is 24.6 Å². The van der Waals surface area contributed by atoms with E-state index in [1.54, 1.807) is 29.1 Å². The zero-order valence-electron chi connectivity index (χ0n) is 23.9. The lowest BCUT2D eigenvalue weighted by molar-refractivity contribution is -0.199. The summed E-state index contributed by atoms with van der Waals surface area (Å²) in [4.78, 5) is 52.9. The van der Waals surface area contributed by atoms with Gasteiger partial charge in [-0.25, -0.2) is 5.01 Å². The van der Waals surface area contributed by atoms with Gasteiger partial charge in [-0.1, -0.05) is 18.2 Å². The SMILES string of the molecule is NCC1(n2cc(Cc3ccc4c5c(cccc35)C(=O)N4N3C(=O)CCCC3=O)cn2)CCN(C(=O)C2(C(F)(F)F)CC2)CC1. The summed E-state index contributed by atoms with van der Waals surface area (Å²) in [6.07, 6.45) is 0.851. The van der Waals surface area contributed by atoms with Gasteiger partial charge >= 0.3 is 6.18 Å². The Morgan fingerprint density at radius 2 is 1.66 bits per heavy atom. The van der Waals surface area contributed by atoms with Gasteiger partial charge in [0, 0.05) is 50.5 Å². The minimum absolute atomic E-state index is 0.158. The second-order valence-corrected chi connectivity index (χ2v) is 12.3. The molecule has 2 aromatic carbocycles. The molecule has 0 atom stereocenters. The molecular weight excluding hydrogens is 577 g/mol. The molecule has 1 aliphatic carbocycles. The molecule has 4 aliphatic rings. The first-order chi connectivity index (χ1) is 21.0. The van der Waals surface area contributed by atoms with E-state index < -0.39 is 40.8 Å². The normalized spacial score (nSPS) is 21.0. The third-order valence-electron chi connectivity index (χ3n) is 9.79. The Morgan fingerprint density at radius 1 is 0.955 bits per heavy atom. The van der Waals surface area contributed by atoms with E-state index in [2.05, 4.69) is 5.10 Å². The van der Waals surface area contributed by atoms with Crippen LogP contribution in [-0.2, 0) is 26.3 Å². The summed E-state index contributed by atoms with van der Waals surface area (Å²) in [7, 11) is 0. The molecule has 1 saturated carbocycles. The lowest BCUT2D eigenvalue weighted by atomic mass is 9.86. The van der Waals surface area contributed by atoms with Gasteiger partial charge in [0.25, 0.3) is 5.91 Å². The quantitative estimate of drug-likeness (QED) is 0.427. The van der Waals surface area contributed by atoms with Crippen LogP contribution in [0.4, 0.5) is 18.9 Å². The number of anilines is 1. The minimum Gasteiger partial charge on any atom is -0.342 e. The minimum atomic E-state index is -4.54. The summed E-state index contributed by atoms with van der Waals surface area (Å²) in [5, 5.41) is 8.26. The molecule has 1 aromatic heterocycles. The van der Waals surface area contributed by atoms with Gasteiger partial charge in [0.2, 0.25) is 17.7 Å². The highest BCUT2D eigenvalue weighted by Gasteiger charge is 2.69. The lowest BCUT2D eigenvalue weighted by Crippen LogP contribution is -2.54. The number of rotatable bonds is 6. The Balaban J connectivity index is 1.12. The summed E-state index contributed by atoms with van der Waals surface area (Å²) < 4.78 is 42.4. The molecule has 44 heavy (non-hydrogen) atoms. The second-order valence-electron chi connectivity index (χ2n) is 12.3. The Kier molecular flexibility index (Phi) is 6.40. The molecule has 10 nitrogen and oxygen atoms in total. The van der Waals surface area contributed by atoms with E-state index >= 15 is 0 Å². The fourth-order valence-electron chi connectivity index (χ4n) is 6.97. The van der Waals surface area contributed by atoms with Crippen LogP contribution in [0.3, 0.4) is 0 Å². The Labute approximate surface area is 250 Å². The number of nitrogens with zero attached hydrogens (tertiary/aromatic N) is 5. The van der Waals surface area contributed by atoms with Crippen molar-refractivity contribution in [2.24, 2.45) is 11.1 Å². The number of halogens is 3. The van der Waals surface area contributed by atoms with Gasteiger partial charge in [-0.05, 0) is 60.7 Å². The number of benzene rings is 2. The van der Waals surface area contributed by atoms with Crippen molar-refractivity contribution in [3.8, 4) is 0 Å². The maximum Gasteiger partial charge on any atom is 0.403 e. The van der Waals surface area contributed by atoms with Crippen LogP contribution in [0.1, 0.15) is 66.4 Å². The molecule has 230 valence electrons. The Hall–Kier alpha value is -4.26. The predicted octanol–water partition coefficient (Wildman–Crippen LogP) is 3.66. The zero-order chi connectivity index (χ0) is 31.0. The largest absolute Gasteiger partial charge is 0.403 e. The number of nitrogens with two attached hydrogens (primary N) is 1. The Bertz CT molecular complexity index is 1700. The third-order valence-corrected chi connectivity index (χ3v) is 9.79. The van der Waals surface area contributed by atoms with Crippen molar-refractivity contribution in [1.82, 2.24) is 19.7 Å². The first-order valence-electron chi connectivity index (χ1n) is 14.8. The van der Waals surface area contributed by atoms with Crippen LogP contribution in [-0.4, -0.2) is 69.1 Å². The number of alkyl halides is 3. The highest BCUT2D eigenvalue weighted by atomic mass is 19.4. The molecule has 3 fully saturated rings. The van der Waals surface area contributed by atoms with Crippen LogP contribution < -0.4 is 10.7 Å². The topological polar surface area (TPSA) is 122 Å². The molecule has 2 saturated heterocycles. The maximum atomic E-state index is 13.5. The standard InChI is InChI=1S/C31H31F3N6O4/c32-31(33,34)30(9-10-30)28(44)37-13-11-29(18-35,12-14-37)38-17-19(16-36-38)15-20-7-8-23-26-21(20)3-1-4-22(26)27(43)39(23)40-24(41)5-2-6-25(40)42/h1,3-4,7-8,16-17H,2,5-6,9-15,18,35H2. The average Bonchev–Trinajstić information content (AvgIpc) is 3.63. The van der Waals surface area contributed by atoms with E-state index in [-0.39, 0.29) is 45.3 Å². The number of piperidine rings is 2. The van der Waals surface area contributed by atoms with E-state index in [9.17, 15) is 32.3 Å². The van der Waals surface area contributed by atoms with Crippen LogP contribution in [0.2, 0.25) is 0 Å². The molecule has 13 heteroatoms. The van der Waals surface area contributed by atoms with Crippen LogP contribution in [0.25, 0.3) is 10.8 Å². The zero-order valence-corrected chi connectivity index (χ0v) is 23.9.